The number of rotatable bonds is 5. The lowest BCUT2D eigenvalue weighted by atomic mass is 10.1. The highest BCUT2D eigenvalue weighted by atomic mass is 35.5. The van der Waals surface area contributed by atoms with Gasteiger partial charge in [-0.1, -0.05) is 18.5 Å². The maximum absolute atomic E-state index is 6.00. The molecule has 0 bridgehead atoms. The molecule has 0 amide bonds. The molecular formula is C13H20ClN3O. The molecule has 1 fully saturated rings. The molecule has 18 heavy (non-hydrogen) atoms. The number of aromatic nitrogens is 2. The summed E-state index contributed by atoms with van der Waals surface area (Å²) in [4.78, 5) is 8.58. The summed E-state index contributed by atoms with van der Waals surface area (Å²) in [5, 5.41) is 3.90. The van der Waals surface area contributed by atoms with E-state index in [2.05, 4.69) is 22.2 Å². The molecule has 0 spiro atoms. The van der Waals surface area contributed by atoms with E-state index in [4.69, 9.17) is 16.3 Å². The van der Waals surface area contributed by atoms with E-state index in [1.807, 2.05) is 6.92 Å². The van der Waals surface area contributed by atoms with E-state index in [0.29, 0.717) is 30.2 Å². The fraction of sp³-hybridized carbons (Fsp3) is 0.692. The molecule has 5 heteroatoms. The van der Waals surface area contributed by atoms with E-state index in [1.165, 1.54) is 19.3 Å². The van der Waals surface area contributed by atoms with Crippen molar-refractivity contribution in [3.05, 3.63) is 17.0 Å². The smallest absolute Gasteiger partial charge is 0.158 e. The Labute approximate surface area is 113 Å². The third-order valence-corrected chi connectivity index (χ3v) is 3.42. The average Bonchev–Trinajstić information content (AvgIpc) is 2.71. The Kier molecular flexibility index (Phi) is 4.78. The van der Waals surface area contributed by atoms with Crippen LogP contribution in [-0.2, 0) is 11.3 Å². The maximum atomic E-state index is 6.00. The second kappa shape index (κ2) is 6.34. The number of nitrogens with one attached hydrogen (secondary N) is 1. The van der Waals surface area contributed by atoms with Gasteiger partial charge in [-0.2, -0.15) is 0 Å². The average molecular weight is 270 g/mol. The van der Waals surface area contributed by atoms with Crippen LogP contribution in [0.3, 0.4) is 0 Å². The molecule has 0 saturated heterocycles. The molecule has 1 N–H and O–H groups in total. The molecule has 100 valence electrons. The zero-order valence-corrected chi connectivity index (χ0v) is 11.7. The van der Waals surface area contributed by atoms with Crippen LogP contribution in [0.1, 0.15) is 38.9 Å². The van der Waals surface area contributed by atoms with Gasteiger partial charge < -0.3 is 10.1 Å². The maximum Gasteiger partial charge on any atom is 0.158 e. The van der Waals surface area contributed by atoms with Gasteiger partial charge in [-0.05, 0) is 32.1 Å². The number of ether oxygens (including phenoxy) is 1. The molecule has 1 aromatic heterocycles. The minimum absolute atomic E-state index is 0.410. The minimum Gasteiger partial charge on any atom is -0.374 e. The largest absolute Gasteiger partial charge is 0.374 e. The molecule has 1 aliphatic rings. The Morgan fingerprint density at radius 1 is 1.44 bits per heavy atom. The number of halogens is 1. The molecular weight excluding hydrogens is 250 g/mol. The van der Waals surface area contributed by atoms with Crippen molar-refractivity contribution in [1.29, 1.82) is 0 Å². The molecule has 1 aromatic rings. The van der Waals surface area contributed by atoms with Gasteiger partial charge in [-0.3, -0.25) is 0 Å². The molecule has 0 aliphatic heterocycles. The van der Waals surface area contributed by atoms with Gasteiger partial charge in [0.2, 0.25) is 0 Å². The molecule has 1 saturated carbocycles. The van der Waals surface area contributed by atoms with Crippen LogP contribution in [0.15, 0.2) is 6.07 Å². The third-order valence-electron chi connectivity index (χ3n) is 3.22. The zero-order valence-electron chi connectivity index (χ0n) is 10.9. The standard InChI is InChI=1S/C13H20ClN3O/c1-3-18-8-13-16-11(14)7-12(17-13)15-10-5-4-9(2)6-10/h7,9-10H,3-6,8H2,1-2H3,(H,15,16,17). The summed E-state index contributed by atoms with van der Waals surface area (Å²) in [6.45, 7) is 5.30. The Morgan fingerprint density at radius 2 is 2.28 bits per heavy atom. The first-order valence-corrected chi connectivity index (χ1v) is 6.93. The van der Waals surface area contributed by atoms with Crippen LogP contribution in [0, 0.1) is 5.92 Å². The van der Waals surface area contributed by atoms with Crippen molar-refractivity contribution in [2.45, 2.75) is 45.8 Å². The van der Waals surface area contributed by atoms with Gasteiger partial charge >= 0.3 is 0 Å². The third kappa shape index (κ3) is 3.82. The first kappa shape index (κ1) is 13.6. The summed E-state index contributed by atoms with van der Waals surface area (Å²) in [5.41, 5.74) is 0. The van der Waals surface area contributed by atoms with Crippen LogP contribution in [0.4, 0.5) is 5.82 Å². The van der Waals surface area contributed by atoms with Crippen molar-refractivity contribution in [3.63, 3.8) is 0 Å². The SMILES string of the molecule is CCOCc1nc(Cl)cc(NC2CCC(C)C2)n1. The molecule has 4 nitrogen and oxygen atoms in total. The van der Waals surface area contributed by atoms with Gasteiger partial charge in [0.1, 0.15) is 17.6 Å². The number of hydrogen-bond donors (Lipinski definition) is 1. The normalized spacial score (nSPS) is 23.3. The summed E-state index contributed by atoms with van der Waals surface area (Å²) in [6.07, 6.45) is 3.67. The summed E-state index contributed by atoms with van der Waals surface area (Å²) in [6, 6.07) is 2.28. The molecule has 1 aliphatic carbocycles. The highest BCUT2D eigenvalue weighted by Crippen LogP contribution is 2.27. The van der Waals surface area contributed by atoms with Gasteiger partial charge in [-0.15, -0.1) is 0 Å². The van der Waals surface area contributed by atoms with Crippen molar-refractivity contribution >= 4 is 17.4 Å². The van der Waals surface area contributed by atoms with Crippen LogP contribution < -0.4 is 5.32 Å². The summed E-state index contributed by atoms with van der Waals surface area (Å²) in [5.74, 6) is 2.24. The highest BCUT2D eigenvalue weighted by Gasteiger charge is 2.21. The van der Waals surface area contributed by atoms with Crippen molar-refractivity contribution in [2.24, 2.45) is 5.92 Å². The lowest BCUT2D eigenvalue weighted by Crippen LogP contribution is -2.17. The second-order valence-electron chi connectivity index (χ2n) is 4.89. The highest BCUT2D eigenvalue weighted by molar-refractivity contribution is 6.29. The summed E-state index contributed by atoms with van der Waals surface area (Å²) in [7, 11) is 0. The van der Waals surface area contributed by atoms with E-state index in [1.54, 1.807) is 6.07 Å². The Hall–Kier alpha value is -0.870. The summed E-state index contributed by atoms with van der Waals surface area (Å²) < 4.78 is 5.31. The number of hydrogen-bond acceptors (Lipinski definition) is 4. The fourth-order valence-corrected chi connectivity index (χ4v) is 2.54. The van der Waals surface area contributed by atoms with Gasteiger partial charge in [-0.25, -0.2) is 9.97 Å². The van der Waals surface area contributed by atoms with Gasteiger partial charge in [0, 0.05) is 18.7 Å². The molecule has 2 rings (SSSR count). The quantitative estimate of drug-likeness (QED) is 0.834. The van der Waals surface area contributed by atoms with Crippen molar-refractivity contribution in [3.8, 4) is 0 Å². The molecule has 0 aromatic carbocycles. The predicted molar refractivity (Wildman–Crippen MR) is 72.8 cm³/mol. The van der Waals surface area contributed by atoms with Gasteiger partial charge in [0.05, 0.1) is 0 Å². The van der Waals surface area contributed by atoms with E-state index in [9.17, 15) is 0 Å². The van der Waals surface area contributed by atoms with E-state index in [-0.39, 0.29) is 0 Å². The fourth-order valence-electron chi connectivity index (χ4n) is 2.34. The summed E-state index contributed by atoms with van der Waals surface area (Å²) >= 11 is 6.00. The monoisotopic (exact) mass is 269 g/mol. The molecule has 1 heterocycles. The predicted octanol–water partition coefficient (Wildman–Crippen LogP) is 3.27. The lowest BCUT2D eigenvalue weighted by Gasteiger charge is -2.14. The topological polar surface area (TPSA) is 47.0 Å². The Balaban J connectivity index is 2.00. The Morgan fingerprint density at radius 3 is 2.94 bits per heavy atom. The van der Waals surface area contributed by atoms with Crippen LogP contribution >= 0.6 is 11.6 Å². The van der Waals surface area contributed by atoms with Crippen molar-refractivity contribution < 1.29 is 4.74 Å². The van der Waals surface area contributed by atoms with Crippen molar-refractivity contribution in [2.75, 3.05) is 11.9 Å². The zero-order chi connectivity index (χ0) is 13.0. The van der Waals surface area contributed by atoms with Gasteiger partial charge in [0.15, 0.2) is 5.82 Å². The lowest BCUT2D eigenvalue weighted by molar-refractivity contribution is 0.128. The number of nitrogens with zero attached hydrogens (tertiary/aromatic N) is 2. The van der Waals surface area contributed by atoms with Crippen LogP contribution in [0.2, 0.25) is 5.15 Å². The van der Waals surface area contributed by atoms with Gasteiger partial charge in [0.25, 0.3) is 0 Å². The first-order chi connectivity index (χ1) is 8.67. The minimum atomic E-state index is 0.410. The number of anilines is 1. The Bertz CT molecular complexity index is 400. The molecule has 0 radical (unpaired) electrons. The molecule has 2 atom stereocenters. The van der Waals surface area contributed by atoms with Crippen LogP contribution in [0.25, 0.3) is 0 Å². The second-order valence-corrected chi connectivity index (χ2v) is 5.28. The molecule has 2 unspecified atom stereocenters. The first-order valence-electron chi connectivity index (χ1n) is 6.55. The van der Waals surface area contributed by atoms with E-state index in [0.717, 1.165) is 11.7 Å². The van der Waals surface area contributed by atoms with Crippen LogP contribution in [-0.4, -0.2) is 22.6 Å². The van der Waals surface area contributed by atoms with Crippen molar-refractivity contribution in [1.82, 2.24) is 9.97 Å². The van der Waals surface area contributed by atoms with E-state index < -0.39 is 0 Å². The van der Waals surface area contributed by atoms with E-state index >= 15 is 0 Å². The van der Waals surface area contributed by atoms with Crippen LogP contribution in [0.5, 0.6) is 0 Å².